The van der Waals surface area contributed by atoms with E-state index in [2.05, 4.69) is 14.5 Å². The number of halogens is 4. The highest BCUT2D eigenvalue weighted by Gasteiger charge is 2.24. The van der Waals surface area contributed by atoms with Gasteiger partial charge in [0.25, 0.3) is 10.1 Å². The van der Waals surface area contributed by atoms with Gasteiger partial charge in [-0.3, -0.25) is 4.18 Å². The Kier molecular flexibility index (Phi) is 8.23. The van der Waals surface area contributed by atoms with Crippen molar-refractivity contribution in [2.24, 2.45) is 10.3 Å². The van der Waals surface area contributed by atoms with Crippen molar-refractivity contribution in [3.05, 3.63) is 70.8 Å². The number of oxime groups is 2. The van der Waals surface area contributed by atoms with Crippen LogP contribution in [0, 0.1) is 23.3 Å². The predicted octanol–water partition coefficient (Wildman–Crippen LogP) is 2.88. The molecule has 0 saturated heterocycles. The van der Waals surface area contributed by atoms with Crippen LogP contribution in [0.15, 0.2) is 46.7 Å². The number of hydrogen-bond donors (Lipinski definition) is 1. The van der Waals surface area contributed by atoms with Crippen LogP contribution in [0.2, 0.25) is 0 Å². The molecular formula is C21H20F4N2O6S. The minimum Gasteiger partial charge on any atom is -0.392 e. The number of nitrogens with zero attached hydrogens (tertiary/aromatic N) is 2. The molecule has 34 heavy (non-hydrogen) atoms. The van der Waals surface area contributed by atoms with Crippen molar-refractivity contribution in [2.45, 2.75) is 25.0 Å². The molecule has 4 rings (SSSR count). The summed E-state index contributed by atoms with van der Waals surface area (Å²) in [4.78, 5) is 9.83. The molecule has 0 saturated carbocycles. The molecule has 0 radical (unpaired) electrons. The first kappa shape index (κ1) is 25.6. The van der Waals surface area contributed by atoms with E-state index >= 15 is 0 Å². The largest absolute Gasteiger partial charge is 0.392 e. The van der Waals surface area contributed by atoms with Crippen molar-refractivity contribution in [3.8, 4) is 0 Å². The van der Waals surface area contributed by atoms with Gasteiger partial charge in [0.2, 0.25) is 0 Å². The summed E-state index contributed by atoms with van der Waals surface area (Å²) in [6.45, 7) is -0.313. The maximum absolute atomic E-state index is 13.1. The monoisotopic (exact) mass is 504 g/mol. The third-order valence-corrected chi connectivity index (χ3v) is 5.21. The van der Waals surface area contributed by atoms with Crippen LogP contribution in [-0.4, -0.2) is 56.6 Å². The third-order valence-electron chi connectivity index (χ3n) is 4.64. The molecule has 8 nitrogen and oxygen atoms in total. The van der Waals surface area contributed by atoms with Crippen LogP contribution in [0.25, 0.3) is 0 Å². The Morgan fingerprint density at radius 1 is 0.882 bits per heavy atom. The molecule has 13 heteroatoms. The summed E-state index contributed by atoms with van der Waals surface area (Å²) in [5.41, 5.74) is 1.81. The van der Waals surface area contributed by atoms with E-state index in [1.807, 2.05) is 0 Å². The molecule has 0 fully saturated rings. The lowest BCUT2D eigenvalue weighted by Gasteiger charge is -2.06. The second kappa shape index (κ2) is 10.9. The van der Waals surface area contributed by atoms with Gasteiger partial charge in [-0.25, -0.2) is 17.6 Å². The fourth-order valence-corrected chi connectivity index (χ4v) is 3.33. The standard InChI is InChI=1S/C11H11F2NO4S.C10H9F2NO2/c1-19(15,16)17-6-8-5-11(14-18-8)7-2-3-9(12)10(13)4-7;11-8-2-1-6(3-9(8)12)10-4-7(5-14)15-13-10/h2-4,8H,5-6H2,1H3;1-3,7,14H,4-5H2. The summed E-state index contributed by atoms with van der Waals surface area (Å²) >= 11 is 0. The van der Waals surface area contributed by atoms with Gasteiger partial charge < -0.3 is 14.8 Å². The minimum atomic E-state index is -3.55. The molecule has 2 heterocycles. The first-order valence-electron chi connectivity index (χ1n) is 9.87. The van der Waals surface area contributed by atoms with Gasteiger partial charge in [-0.2, -0.15) is 8.42 Å². The normalized spacial score (nSPS) is 19.5. The summed E-state index contributed by atoms with van der Waals surface area (Å²) in [6.07, 6.45) is 0.660. The molecule has 184 valence electrons. The van der Waals surface area contributed by atoms with E-state index in [-0.39, 0.29) is 25.7 Å². The third kappa shape index (κ3) is 6.98. The van der Waals surface area contributed by atoms with E-state index < -0.39 is 39.5 Å². The van der Waals surface area contributed by atoms with E-state index in [0.717, 1.165) is 30.5 Å². The van der Waals surface area contributed by atoms with E-state index in [4.69, 9.17) is 14.8 Å². The van der Waals surface area contributed by atoms with E-state index in [1.54, 1.807) is 0 Å². The molecular weight excluding hydrogens is 484 g/mol. The Bertz CT molecular complexity index is 1210. The predicted molar refractivity (Wildman–Crippen MR) is 113 cm³/mol. The Labute approximate surface area is 192 Å². The molecule has 2 unspecified atom stereocenters. The van der Waals surface area contributed by atoms with Crippen molar-refractivity contribution in [1.82, 2.24) is 0 Å². The molecule has 0 amide bonds. The number of aliphatic hydroxyl groups is 1. The highest BCUT2D eigenvalue weighted by atomic mass is 32.2. The average Bonchev–Trinajstić information content (AvgIpc) is 3.46. The molecule has 2 aliphatic heterocycles. The van der Waals surface area contributed by atoms with Gasteiger partial charge in [-0.15, -0.1) is 0 Å². The van der Waals surface area contributed by atoms with Crippen molar-refractivity contribution >= 4 is 21.5 Å². The molecule has 2 aromatic carbocycles. The average molecular weight is 504 g/mol. The number of benzene rings is 2. The van der Waals surface area contributed by atoms with Crippen LogP contribution in [-0.2, 0) is 24.0 Å². The fourth-order valence-electron chi connectivity index (χ4n) is 2.94. The quantitative estimate of drug-likeness (QED) is 0.479. The first-order chi connectivity index (χ1) is 16.1. The minimum absolute atomic E-state index is 0.142. The summed E-state index contributed by atoms with van der Waals surface area (Å²) in [7, 11) is -3.55. The Morgan fingerprint density at radius 2 is 1.35 bits per heavy atom. The molecule has 2 atom stereocenters. The van der Waals surface area contributed by atoms with Crippen molar-refractivity contribution in [3.63, 3.8) is 0 Å². The van der Waals surface area contributed by atoms with E-state index in [0.29, 0.717) is 29.0 Å². The number of aliphatic hydroxyl groups excluding tert-OH is 1. The second-order valence-electron chi connectivity index (χ2n) is 7.37. The zero-order chi connectivity index (χ0) is 24.9. The van der Waals surface area contributed by atoms with Gasteiger partial charge in [0.1, 0.15) is 6.61 Å². The van der Waals surface area contributed by atoms with Gasteiger partial charge in [0.15, 0.2) is 35.5 Å². The lowest BCUT2D eigenvalue weighted by molar-refractivity contribution is 0.0390. The van der Waals surface area contributed by atoms with Gasteiger partial charge in [-0.1, -0.05) is 10.3 Å². The van der Waals surface area contributed by atoms with Crippen LogP contribution in [0.5, 0.6) is 0 Å². The van der Waals surface area contributed by atoms with Gasteiger partial charge in [0, 0.05) is 24.0 Å². The molecule has 0 spiro atoms. The topological polar surface area (TPSA) is 107 Å². The summed E-state index contributed by atoms with van der Waals surface area (Å²) in [5.74, 6) is -3.73. The molecule has 0 aliphatic carbocycles. The smallest absolute Gasteiger partial charge is 0.264 e. The fraction of sp³-hybridized carbons (Fsp3) is 0.333. The Balaban J connectivity index is 0.000000196. The highest BCUT2D eigenvalue weighted by Crippen LogP contribution is 2.20. The molecule has 1 N–H and O–H groups in total. The maximum atomic E-state index is 13.1. The molecule has 0 bridgehead atoms. The van der Waals surface area contributed by atoms with Crippen LogP contribution in [0.1, 0.15) is 24.0 Å². The second-order valence-corrected chi connectivity index (χ2v) is 9.01. The lowest BCUT2D eigenvalue weighted by Crippen LogP contribution is -2.18. The van der Waals surface area contributed by atoms with E-state index in [9.17, 15) is 26.0 Å². The van der Waals surface area contributed by atoms with Gasteiger partial charge in [-0.05, 0) is 36.4 Å². The van der Waals surface area contributed by atoms with Crippen LogP contribution < -0.4 is 0 Å². The van der Waals surface area contributed by atoms with Crippen molar-refractivity contribution in [2.75, 3.05) is 19.5 Å². The number of hydrogen-bond acceptors (Lipinski definition) is 8. The molecule has 2 aromatic rings. The van der Waals surface area contributed by atoms with E-state index in [1.165, 1.54) is 12.1 Å². The lowest BCUT2D eigenvalue weighted by atomic mass is 10.1. The summed E-state index contributed by atoms with van der Waals surface area (Å²) in [6, 6.07) is 6.92. The Hall–Kier alpha value is -3.03. The van der Waals surface area contributed by atoms with Crippen LogP contribution >= 0.6 is 0 Å². The Morgan fingerprint density at radius 3 is 1.76 bits per heavy atom. The number of rotatable bonds is 6. The zero-order valence-electron chi connectivity index (χ0n) is 17.8. The molecule has 0 aromatic heterocycles. The van der Waals surface area contributed by atoms with Crippen LogP contribution in [0.3, 0.4) is 0 Å². The zero-order valence-corrected chi connectivity index (χ0v) is 18.6. The van der Waals surface area contributed by atoms with Gasteiger partial charge in [0.05, 0.1) is 24.3 Å². The highest BCUT2D eigenvalue weighted by molar-refractivity contribution is 7.85. The SMILES string of the molecule is CS(=O)(=O)OCC1CC(c2ccc(F)c(F)c2)=NO1.OCC1CC(c2ccc(F)c(F)c2)=NO1. The summed E-state index contributed by atoms with van der Waals surface area (Å²) in [5, 5.41) is 16.2. The first-order valence-corrected chi connectivity index (χ1v) is 11.7. The molecule has 2 aliphatic rings. The van der Waals surface area contributed by atoms with Crippen molar-refractivity contribution < 1.29 is 44.9 Å². The summed E-state index contributed by atoms with van der Waals surface area (Å²) < 4.78 is 77.6. The van der Waals surface area contributed by atoms with Crippen LogP contribution in [0.4, 0.5) is 17.6 Å². The van der Waals surface area contributed by atoms with Crippen molar-refractivity contribution in [1.29, 1.82) is 0 Å². The van der Waals surface area contributed by atoms with Gasteiger partial charge >= 0.3 is 0 Å². The maximum Gasteiger partial charge on any atom is 0.264 e.